The van der Waals surface area contributed by atoms with Crippen LogP contribution in [0.3, 0.4) is 0 Å². The quantitative estimate of drug-likeness (QED) is 0.176. The molecule has 3 aliphatic rings. The van der Waals surface area contributed by atoms with Gasteiger partial charge in [-0.05, 0) is 75.8 Å². The van der Waals surface area contributed by atoms with Gasteiger partial charge >= 0.3 is 12.6 Å². The van der Waals surface area contributed by atoms with Crippen LogP contribution in [0.5, 0.6) is 5.75 Å². The second-order valence-corrected chi connectivity index (χ2v) is 12.1. The number of piperidine rings is 1. The Kier molecular flexibility index (Phi) is 7.31. The Bertz CT molecular complexity index is 1590. The molecule has 0 N–H and O–H groups in total. The van der Waals surface area contributed by atoms with Crippen LogP contribution in [-0.2, 0) is 16.1 Å². The highest BCUT2D eigenvalue weighted by Crippen LogP contribution is 2.47. The van der Waals surface area contributed by atoms with Gasteiger partial charge in [-0.2, -0.15) is 8.78 Å². The minimum Gasteiger partial charge on any atom is -0.462 e. The molecule has 0 spiro atoms. The van der Waals surface area contributed by atoms with Gasteiger partial charge in [-0.15, -0.1) is 0 Å². The molecule has 3 atom stereocenters. The molecule has 2 bridgehead atoms. The molecule has 220 valence electrons. The van der Waals surface area contributed by atoms with E-state index in [1.165, 1.54) is 6.07 Å². The molecule has 4 heterocycles. The number of halogens is 2. The van der Waals surface area contributed by atoms with Gasteiger partial charge < -0.3 is 23.6 Å². The van der Waals surface area contributed by atoms with E-state index < -0.39 is 6.61 Å². The van der Waals surface area contributed by atoms with Crippen LogP contribution in [-0.4, -0.2) is 47.5 Å². The number of hydrogen-bond acceptors (Lipinski definition) is 9. The van der Waals surface area contributed by atoms with Crippen LogP contribution >= 0.6 is 11.3 Å². The van der Waals surface area contributed by atoms with Gasteiger partial charge in [0.2, 0.25) is 0 Å². The molecule has 1 unspecified atom stereocenters. The van der Waals surface area contributed by atoms with E-state index in [0.29, 0.717) is 42.1 Å². The summed E-state index contributed by atoms with van der Waals surface area (Å²) in [5, 5.41) is 5.27. The standard InChI is InChI=1S/C31H31F2N3O5S/c1-2-38-29(37)18-9-12-24-26(13-18)42-31(34-24)36-19-10-11-20(36)15-21(14-19)39-16-23-27(35-41-28(23)17-7-8-17)22-5-3-4-6-25(22)40-30(32)33/h3-6,9,12-13,17,19-21,30H,2,7-8,10-11,14-16H2,1H3/t19-,20+,21?. The van der Waals surface area contributed by atoms with Gasteiger partial charge in [-0.25, -0.2) is 9.78 Å². The zero-order valence-corrected chi connectivity index (χ0v) is 23.9. The molecule has 4 aromatic rings. The topological polar surface area (TPSA) is 86.9 Å². The fourth-order valence-electron chi connectivity index (χ4n) is 6.34. The van der Waals surface area contributed by atoms with Gasteiger partial charge in [0.1, 0.15) is 17.2 Å². The fourth-order valence-corrected chi connectivity index (χ4v) is 7.49. The van der Waals surface area contributed by atoms with Crippen LogP contribution in [0, 0.1) is 0 Å². The Balaban J connectivity index is 1.08. The maximum atomic E-state index is 13.1. The number of thiazole rings is 1. The first-order chi connectivity index (χ1) is 20.5. The number of anilines is 1. The van der Waals surface area contributed by atoms with E-state index in [0.717, 1.165) is 65.2 Å². The van der Waals surface area contributed by atoms with Gasteiger partial charge in [0.15, 0.2) is 5.13 Å². The lowest BCUT2D eigenvalue weighted by Gasteiger charge is -2.38. The van der Waals surface area contributed by atoms with Crippen molar-refractivity contribution in [2.24, 2.45) is 0 Å². The lowest BCUT2D eigenvalue weighted by Crippen LogP contribution is -2.45. The van der Waals surface area contributed by atoms with Gasteiger partial charge in [-0.3, -0.25) is 0 Å². The van der Waals surface area contributed by atoms with Crippen molar-refractivity contribution in [2.75, 3.05) is 11.5 Å². The van der Waals surface area contributed by atoms with Crippen molar-refractivity contribution < 1.29 is 32.3 Å². The molecule has 3 fully saturated rings. The van der Waals surface area contributed by atoms with E-state index >= 15 is 0 Å². The van der Waals surface area contributed by atoms with Crippen molar-refractivity contribution in [1.29, 1.82) is 0 Å². The first-order valence-corrected chi connectivity index (χ1v) is 15.3. The number of benzene rings is 2. The third kappa shape index (κ3) is 5.24. The van der Waals surface area contributed by atoms with Crippen LogP contribution in [0.4, 0.5) is 13.9 Å². The van der Waals surface area contributed by atoms with E-state index in [1.54, 1.807) is 42.5 Å². The highest BCUT2D eigenvalue weighted by molar-refractivity contribution is 7.22. The second-order valence-electron chi connectivity index (χ2n) is 11.1. The lowest BCUT2D eigenvalue weighted by molar-refractivity contribution is -0.0494. The van der Waals surface area contributed by atoms with Crippen molar-refractivity contribution in [3.63, 3.8) is 0 Å². The molecular formula is C31H31F2N3O5S. The fraction of sp³-hybridized carbons (Fsp3) is 0.452. The first kappa shape index (κ1) is 27.3. The summed E-state index contributed by atoms with van der Waals surface area (Å²) in [7, 11) is 0. The molecule has 1 saturated carbocycles. The molecule has 8 nitrogen and oxygen atoms in total. The summed E-state index contributed by atoms with van der Waals surface area (Å²) < 4.78 is 49.4. The number of ether oxygens (including phenoxy) is 3. The third-order valence-corrected chi connectivity index (χ3v) is 9.42. The van der Waals surface area contributed by atoms with Gasteiger partial charge in [-0.1, -0.05) is 28.6 Å². The highest BCUT2D eigenvalue weighted by Gasteiger charge is 2.43. The molecule has 1 aliphatic carbocycles. The molecular weight excluding hydrogens is 564 g/mol. The predicted octanol–water partition coefficient (Wildman–Crippen LogP) is 7.32. The Morgan fingerprint density at radius 3 is 2.64 bits per heavy atom. The van der Waals surface area contributed by atoms with Crippen molar-refractivity contribution in [2.45, 2.75) is 82.8 Å². The number of nitrogens with zero attached hydrogens (tertiary/aromatic N) is 3. The summed E-state index contributed by atoms with van der Waals surface area (Å²) in [5.74, 6) is 0.822. The number of aromatic nitrogens is 2. The number of para-hydroxylation sites is 1. The number of hydrogen-bond donors (Lipinski definition) is 0. The Labute approximate surface area is 245 Å². The average Bonchev–Trinajstić information content (AvgIpc) is 3.50. The number of alkyl halides is 2. The van der Waals surface area contributed by atoms with Crippen LogP contribution in [0.2, 0.25) is 0 Å². The molecule has 0 radical (unpaired) electrons. The normalized spacial score (nSPS) is 21.8. The van der Waals surface area contributed by atoms with E-state index in [-0.39, 0.29) is 23.7 Å². The van der Waals surface area contributed by atoms with Crippen LogP contribution in [0.25, 0.3) is 21.5 Å². The molecule has 42 heavy (non-hydrogen) atoms. The number of fused-ring (bicyclic) bond motifs is 3. The van der Waals surface area contributed by atoms with Crippen molar-refractivity contribution in [1.82, 2.24) is 10.1 Å². The second kappa shape index (κ2) is 11.3. The van der Waals surface area contributed by atoms with Crippen molar-refractivity contribution in [3.05, 3.63) is 59.4 Å². The number of carbonyl (C=O) groups is 1. The molecule has 2 aromatic heterocycles. The molecule has 11 heteroatoms. The molecule has 0 amide bonds. The Hall–Kier alpha value is -3.57. The smallest absolute Gasteiger partial charge is 0.387 e. The van der Waals surface area contributed by atoms with Crippen molar-refractivity contribution >= 4 is 32.7 Å². The zero-order chi connectivity index (χ0) is 28.8. The maximum Gasteiger partial charge on any atom is 0.387 e. The molecule has 2 saturated heterocycles. The minimum absolute atomic E-state index is 0.0471. The summed E-state index contributed by atoms with van der Waals surface area (Å²) in [4.78, 5) is 19.6. The van der Waals surface area contributed by atoms with Crippen LogP contribution in [0.15, 0.2) is 47.0 Å². The Morgan fingerprint density at radius 2 is 1.90 bits per heavy atom. The predicted molar refractivity (Wildman–Crippen MR) is 153 cm³/mol. The monoisotopic (exact) mass is 595 g/mol. The molecule has 2 aromatic carbocycles. The van der Waals surface area contributed by atoms with Crippen LogP contribution in [0.1, 0.15) is 73.0 Å². The van der Waals surface area contributed by atoms with E-state index in [1.807, 2.05) is 12.1 Å². The summed E-state index contributed by atoms with van der Waals surface area (Å²) in [6.07, 6.45) is 5.95. The highest BCUT2D eigenvalue weighted by atomic mass is 32.1. The minimum atomic E-state index is -2.93. The number of rotatable bonds is 10. The lowest BCUT2D eigenvalue weighted by atomic mass is 10.00. The number of esters is 1. The number of carbonyl (C=O) groups excluding carboxylic acids is 1. The summed E-state index contributed by atoms with van der Waals surface area (Å²) >= 11 is 1.61. The van der Waals surface area contributed by atoms with E-state index in [9.17, 15) is 13.6 Å². The van der Waals surface area contributed by atoms with E-state index in [4.69, 9.17) is 23.7 Å². The van der Waals surface area contributed by atoms with Gasteiger partial charge in [0.25, 0.3) is 0 Å². The van der Waals surface area contributed by atoms with E-state index in [2.05, 4.69) is 10.1 Å². The summed E-state index contributed by atoms with van der Waals surface area (Å²) in [6.45, 7) is -0.496. The third-order valence-electron chi connectivity index (χ3n) is 8.39. The maximum absolute atomic E-state index is 13.1. The van der Waals surface area contributed by atoms with Crippen LogP contribution < -0.4 is 9.64 Å². The van der Waals surface area contributed by atoms with Gasteiger partial charge in [0.05, 0.1) is 35.1 Å². The molecule has 2 aliphatic heterocycles. The SMILES string of the molecule is CCOC(=O)c1ccc2nc(N3[C@@H]4CC[C@H]3CC(OCc3c(-c5ccccc5OC(F)F)noc3C3CC3)C4)sc2c1. The van der Waals surface area contributed by atoms with Crippen molar-refractivity contribution in [3.8, 4) is 17.0 Å². The first-order valence-electron chi connectivity index (χ1n) is 14.5. The Morgan fingerprint density at radius 1 is 1.12 bits per heavy atom. The molecule has 7 rings (SSSR count). The zero-order valence-electron chi connectivity index (χ0n) is 23.1. The average molecular weight is 596 g/mol. The van der Waals surface area contributed by atoms with Gasteiger partial charge in [0, 0.05) is 29.1 Å². The summed E-state index contributed by atoms with van der Waals surface area (Å²) in [5.41, 5.74) is 3.22. The summed E-state index contributed by atoms with van der Waals surface area (Å²) in [6, 6.07) is 12.8. The largest absolute Gasteiger partial charge is 0.462 e.